The van der Waals surface area contributed by atoms with Crippen LogP contribution in [-0.4, -0.2) is 90.3 Å². The number of nitrogens with one attached hydrogen (secondary N) is 3. The average Bonchev–Trinajstić information content (AvgIpc) is 4.01. The Morgan fingerprint density at radius 1 is 1.09 bits per heavy atom. The number of benzene rings is 1. The Balaban J connectivity index is 0.00000280. The van der Waals surface area contributed by atoms with Crippen LogP contribution < -0.4 is 24.8 Å². The number of fused-ring (bicyclic) bond motifs is 3. The molecular formula is C38H57N5O9S. The maximum Gasteiger partial charge on any atom is 0.408 e. The number of nitrogens with zero attached hydrogens (tertiary/aromatic N) is 2. The number of carbonyl (C=O) groups excluding carboxylic acids is 4. The molecule has 0 spiro atoms. The number of alkyl carbamates (subject to hydrolysis) is 1. The Bertz CT molecular complexity index is 1910. The van der Waals surface area contributed by atoms with Gasteiger partial charge in [0.1, 0.15) is 35.1 Å². The summed E-state index contributed by atoms with van der Waals surface area (Å²) in [6.45, 7) is 9.16. The normalized spacial score (nSPS) is 30.1. The van der Waals surface area contributed by atoms with Gasteiger partial charge in [0.2, 0.25) is 27.7 Å². The van der Waals surface area contributed by atoms with E-state index in [0.29, 0.717) is 42.7 Å². The van der Waals surface area contributed by atoms with Crippen LogP contribution in [0.15, 0.2) is 42.6 Å². The lowest BCUT2D eigenvalue weighted by Crippen LogP contribution is -2.59. The number of rotatable bonds is 7. The molecule has 3 N–H and O–H groups in total. The minimum absolute atomic E-state index is 0. The van der Waals surface area contributed by atoms with Crippen LogP contribution in [0.3, 0.4) is 0 Å². The van der Waals surface area contributed by atoms with Gasteiger partial charge in [-0.3, -0.25) is 19.1 Å². The van der Waals surface area contributed by atoms with Gasteiger partial charge < -0.3 is 29.7 Å². The second-order valence-electron chi connectivity index (χ2n) is 16.1. The second-order valence-corrected chi connectivity index (χ2v) is 18.0. The Hall–Kier alpha value is -4.40. The number of amides is 4. The van der Waals surface area contributed by atoms with E-state index in [9.17, 15) is 27.6 Å². The molecule has 0 unspecified atom stereocenters. The monoisotopic (exact) mass is 759 g/mol. The van der Waals surface area contributed by atoms with E-state index in [-0.39, 0.29) is 35.5 Å². The molecule has 1 aromatic carbocycles. The fourth-order valence-corrected chi connectivity index (χ4v) is 8.80. The van der Waals surface area contributed by atoms with Crippen LogP contribution in [0.2, 0.25) is 0 Å². The molecule has 1 saturated heterocycles. The first-order valence-electron chi connectivity index (χ1n) is 18.4. The Morgan fingerprint density at radius 3 is 2.55 bits per heavy atom. The quantitative estimate of drug-likeness (QED) is 0.334. The van der Waals surface area contributed by atoms with Crippen molar-refractivity contribution in [2.45, 2.75) is 114 Å². The molecule has 6 rings (SSSR count). The molecule has 294 valence electrons. The van der Waals surface area contributed by atoms with Crippen molar-refractivity contribution < 1.29 is 46.1 Å². The van der Waals surface area contributed by atoms with E-state index >= 15 is 0 Å². The highest BCUT2D eigenvalue weighted by Crippen LogP contribution is 2.46. The van der Waals surface area contributed by atoms with Crippen molar-refractivity contribution in [2.75, 3.05) is 13.7 Å². The van der Waals surface area contributed by atoms with Crippen molar-refractivity contribution in [2.24, 2.45) is 17.8 Å². The summed E-state index contributed by atoms with van der Waals surface area (Å²) >= 11 is 0. The second kappa shape index (κ2) is 14.8. The van der Waals surface area contributed by atoms with E-state index in [1.165, 1.54) is 4.90 Å². The molecule has 2 aromatic rings. The summed E-state index contributed by atoms with van der Waals surface area (Å²) in [4.78, 5) is 61.9. The van der Waals surface area contributed by atoms with Crippen molar-refractivity contribution in [3.05, 3.63) is 42.6 Å². The van der Waals surface area contributed by atoms with Crippen molar-refractivity contribution >= 4 is 44.6 Å². The van der Waals surface area contributed by atoms with Gasteiger partial charge in [0.25, 0.3) is 5.91 Å². The lowest BCUT2D eigenvalue weighted by molar-refractivity contribution is -0.142. The van der Waals surface area contributed by atoms with Gasteiger partial charge in [0.05, 0.1) is 18.9 Å². The minimum Gasteiger partial charge on any atom is -0.497 e. The highest BCUT2D eigenvalue weighted by atomic mass is 32.2. The van der Waals surface area contributed by atoms with Crippen molar-refractivity contribution in [3.63, 3.8) is 0 Å². The molecular weight excluding hydrogens is 703 g/mol. The lowest BCUT2D eigenvalue weighted by atomic mass is 9.88. The van der Waals surface area contributed by atoms with Crippen molar-refractivity contribution in [3.8, 4) is 11.6 Å². The van der Waals surface area contributed by atoms with E-state index in [2.05, 4.69) is 27.3 Å². The van der Waals surface area contributed by atoms with Crippen LogP contribution in [0.5, 0.6) is 11.6 Å². The first-order valence-corrected chi connectivity index (χ1v) is 20.0. The number of ether oxygens (including phenoxy) is 3. The number of pyridine rings is 1. The van der Waals surface area contributed by atoms with E-state index in [1.807, 2.05) is 37.3 Å². The van der Waals surface area contributed by atoms with Crippen LogP contribution >= 0.6 is 0 Å². The summed E-state index contributed by atoms with van der Waals surface area (Å²) in [6, 6.07) is 5.13. The molecule has 2 aliphatic heterocycles. The summed E-state index contributed by atoms with van der Waals surface area (Å²) in [5.41, 5.74) is -2.32. The zero-order valence-electron chi connectivity index (χ0n) is 31.2. The Morgan fingerprint density at radius 2 is 1.85 bits per heavy atom. The first kappa shape index (κ1) is 38.3. The van der Waals surface area contributed by atoms with Crippen LogP contribution in [0.25, 0.3) is 10.8 Å². The van der Waals surface area contributed by atoms with Gasteiger partial charge in [-0.05, 0) is 101 Å². The summed E-state index contributed by atoms with van der Waals surface area (Å²) < 4.78 is 45.3. The molecule has 15 heteroatoms. The molecule has 3 heterocycles. The van der Waals surface area contributed by atoms with Crippen LogP contribution in [0, 0.1) is 17.8 Å². The smallest absolute Gasteiger partial charge is 0.408 e. The van der Waals surface area contributed by atoms with Gasteiger partial charge in [-0.2, -0.15) is 0 Å². The van der Waals surface area contributed by atoms with Gasteiger partial charge in [0, 0.05) is 28.2 Å². The molecule has 53 heavy (non-hydrogen) atoms. The van der Waals surface area contributed by atoms with Gasteiger partial charge in [-0.15, -0.1) is 0 Å². The van der Waals surface area contributed by atoms with E-state index in [4.69, 9.17) is 14.2 Å². The largest absolute Gasteiger partial charge is 0.497 e. The molecule has 2 saturated carbocycles. The van der Waals surface area contributed by atoms with E-state index < -0.39 is 74.3 Å². The summed E-state index contributed by atoms with van der Waals surface area (Å²) in [5.74, 6) is -1.55. The highest BCUT2D eigenvalue weighted by Gasteiger charge is 2.62. The SMILES string of the molecule is COc1ccc2c(O[C@@H]3C[C@H]4C(=O)N[C@]5(C(=O)NS(=O)(=O)C6CC6)C[C@H]5/C=C\CC[C@H](C)C[C@@H](C)[C@H](NC(=O)OC(C)(C)C)C(=O)N4C3)nccc2c1.[HH].[HH].[HH]. The number of aromatic nitrogens is 1. The number of hydrogen-bond donors (Lipinski definition) is 3. The molecule has 2 aliphatic carbocycles. The lowest BCUT2D eigenvalue weighted by Gasteiger charge is -2.33. The molecule has 1 aromatic heterocycles. The summed E-state index contributed by atoms with van der Waals surface area (Å²) in [6.07, 6.45) is 7.24. The standard InChI is InChI=1S/C38H51N5O9S.3H2/c1-22-9-7-8-10-25-20-38(25,35(46)42-53(48,49)28-12-13-28)41-32(44)30-19-27(51-33-29-14-11-26(50-6)18-24(29)15-16-39-33)21-43(30)34(45)31(23(2)17-22)40-36(47)52-37(3,4)5;;;/h8,10-11,14-16,18,22-23,25,27-28,30-31H,7,9,12-13,17,19-21H2,1-6H3,(H,40,47)(H,41,44)(H,42,46);3*1H/b10-8-;;;/t22-,23+,25+,27+,30-,31-,38+;;;/m0.../s1. The fraction of sp³-hybridized carbons (Fsp3) is 0.605. The van der Waals surface area contributed by atoms with Crippen molar-refractivity contribution in [1.29, 1.82) is 0 Å². The number of sulfonamides is 1. The van der Waals surface area contributed by atoms with Gasteiger partial charge in [-0.1, -0.05) is 26.0 Å². The third kappa shape index (κ3) is 8.71. The van der Waals surface area contributed by atoms with Gasteiger partial charge >= 0.3 is 6.09 Å². The molecule has 4 amide bonds. The van der Waals surface area contributed by atoms with E-state index in [1.54, 1.807) is 40.1 Å². The third-order valence-corrected chi connectivity index (χ3v) is 12.3. The molecule has 4 aliphatic rings. The molecule has 14 nitrogen and oxygen atoms in total. The maximum atomic E-state index is 14.7. The summed E-state index contributed by atoms with van der Waals surface area (Å²) in [5, 5.41) is 6.59. The predicted octanol–water partition coefficient (Wildman–Crippen LogP) is 4.72. The van der Waals surface area contributed by atoms with Crippen molar-refractivity contribution in [1.82, 2.24) is 25.2 Å². The van der Waals surface area contributed by atoms with Gasteiger partial charge in [-0.25, -0.2) is 18.2 Å². The average molecular weight is 760 g/mol. The zero-order chi connectivity index (χ0) is 38.3. The summed E-state index contributed by atoms with van der Waals surface area (Å²) in [7, 11) is -2.32. The fourth-order valence-electron chi connectivity index (χ4n) is 7.44. The van der Waals surface area contributed by atoms with Crippen LogP contribution in [-0.2, 0) is 29.1 Å². The van der Waals surface area contributed by atoms with Crippen LogP contribution in [0.1, 0.15) is 83.8 Å². The molecule has 0 bridgehead atoms. The maximum absolute atomic E-state index is 14.7. The third-order valence-electron chi connectivity index (χ3n) is 10.5. The highest BCUT2D eigenvalue weighted by molar-refractivity contribution is 7.91. The Labute approximate surface area is 315 Å². The van der Waals surface area contributed by atoms with E-state index in [0.717, 1.165) is 11.8 Å². The number of hydrogen-bond acceptors (Lipinski definition) is 10. The van der Waals surface area contributed by atoms with Gasteiger partial charge in [0.15, 0.2) is 0 Å². The number of carbonyl (C=O) groups is 4. The minimum atomic E-state index is -3.89. The zero-order valence-corrected chi connectivity index (χ0v) is 32.0. The molecule has 7 atom stereocenters. The van der Waals surface area contributed by atoms with Crippen LogP contribution in [0.4, 0.5) is 4.79 Å². The predicted molar refractivity (Wildman–Crippen MR) is 203 cm³/mol. The topological polar surface area (TPSA) is 182 Å². The number of methoxy groups -OCH3 is 1. The first-order chi connectivity index (χ1) is 25.0. The molecule has 3 fully saturated rings. The molecule has 0 radical (unpaired) electrons. The number of allylic oxidation sites excluding steroid dienone is 1. The Kier molecular flexibility index (Phi) is 10.7.